The van der Waals surface area contributed by atoms with Gasteiger partial charge in [0.05, 0.1) is 16.5 Å². The van der Waals surface area contributed by atoms with E-state index in [1.54, 1.807) is 24.3 Å². The van der Waals surface area contributed by atoms with Crippen molar-refractivity contribution in [2.45, 2.75) is 31.1 Å². The molecule has 6 nitrogen and oxygen atoms in total. The summed E-state index contributed by atoms with van der Waals surface area (Å²) in [5, 5.41) is 5.36. The molecule has 1 aliphatic rings. The Bertz CT molecular complexity index is 1470. The van der Waals surface area contributed by atoms with E-state index in [0.717, 1.165) is 23.2 Å². The molecule has 1 N–H and O–H groups in total. The second kappa shape index (κ2) is 11.0. The number of carbonyl (C=O) groups is 1. The Kier molecular flexibility index (Phi) is 7.50. The highest BCUT2D eigenvalue weighted by atomic mass is 32.2. The normalized spacial score (nSPS) is 16.4. The van der Waals surface area contributed by atoms with Crippen molar-refractivity contribution in [3.63, 3.8) is 0 Å². The molecule has 1 amide bonds. The number of rotatable bonds is 7. The molecule has 1 fully saturated rings. The Hall–Kier alpha value is -3.33. The molecule has 0 spiro atoms. The fraction of sp³-hybridized carbons (Fsp3) is 0.241. The number of carbonyl (C=O) groups excluding carboxylic acids is 1. The number of benzene rings is 3. The first-order valence-corrected chi connectivity index (χ1v) is 14.7. The van der Waals surface area contributed by atoms with E-state index in [4.69, 9.17) is 0 Å². The van der Waals surface area contributed by atoms with Crippen LogP contribution in [0.15, 0.2) is 89.1 Å². The smallest absolute Gasteiger partial charge is 0.243 e. The van der Waals surface area contributed by atoms with Crippen LogP contribution in [0.5, 0.6) is 0 Å². The van der Waals surface area contributed by atoms with E-state index < -0.39 is 15.9 Å². The molecule has 37 heavy (non-hydrogen) atoms. The van der Waals surface area contributed by atoms with Gasteiger partial charge in [0.15, 0.2) is 5.13 Å². The Labute approximate surface area is 222 Å². The molecule has 0 aliphatic carbocycles. The summed E-state index contributed by atoms with van der Waals surface area (Å²) in [5.74, 6) is -0.610. The quantitative estimate of drug-likeness (QED) is 0.329. The van der Waals surface area contributed by atoms with E-state index in [1.165, 1.54) is 26.8 Å². The Morgan fingerprint density at radius 3 is 2.43 bits per heavy atom. The van der Waals surface area contributed by atoms with Gasteiger partial charge in [0.25, 0.3) is 0 Å². The first-order chi connectivity index (χ1) is 17.9. The van der Waals surface area contributed by atoms with Crippen LogP contribution in [0.3, 0.4) is 0 Å². The third kappa shape index (κ3) is 5.98. The highest BCUT2D eigenvalue weighted by Gasteiger charge is 2.33. The summed E-state index contributed by atoms with van der Waals surface area (Å²) in [6.45, 7) is 2.51. The van der Waals surface area contributed by atoms with Crippen LogP contribution in [0, 0.1) is 12.8 Å². The van der Waals surface area contributed by atoms with Gasteiger partial charge >= 0.3 is 0 Å². The summed E-state index contributed by atoms with van der Waals surface area (Å²) in [7, 11) is -3.63. The van der Waals surface area contributed by atoms with Crippen molar-refractivity contribution in [2.75, 3.05) is 18.4 Å². The molecule has 1 aromatic heterocycles. The molecule has 3 aromatic carbocycles. The number of sulfonamides is 1. The van der Waals surface area contributed by atoms with Crippen LogP contribution in [0.2, 0.25) is 0 Å². The van der Waals surface area contributed by atoms with Gasteiger partial charge in [-0.1, -0.05) is 72.3 Å². The van der Waals surface area contributed by atoms with Crippen molar-refractivity contribution in [2.24, 2.45) is 5.92 Å². The minimum Gasteiger partial charge on any atom is -0.302 e. The molecular weight excluding hydrogens is 502 g/mol. The average molecular weight is 532 g/mol. The van der Waals surface area contributed by atoms with Crippen molar-refractivity contribution in [3.05, 3.63) is 101 Å². The van der Waals surface area contributed by atoms with Crippen molar-refractivity contribution in [1.82, 2.24) is 9.29 Å². The maximum atomic E-state index is 13.1. The molecule has 190 valence electrons. The van der Waals surface area contributed by atoms with E-state index in [2.05, 4.69) is 34.6 Å². The minimum absolute atomic E-state index is 0.170. The van der Waals surface area contributed by atoms with Crippen LogP contribution < -0.4 is 5.32 Å². The van der Waals surface area contributed by atoms with E-state index in [-0.39, 0.29) is 17.3 Å². The van der Waals surface area contributed by atoms with Gasteiger partial charge in [-0.05, 0) is 49.4 Å². The molecule has 2 heterocycles. The van der Waals surface area contributed by atoms with Crippen molar-refractivity contribution in [3.8, 4) is 11.3 Å². The third-order valence-corrected chi connectivity index (χ3v) is 9.29. The van der Waals surface area contributed by atoms with Crippen LogP contribution in [-0.4, -0.2) is 36.7 Å². The average Bonchev–Trinajstić information content (AvgIpc) is 3.38. The molecule has 1 saturated heterocycles. The van der Waals surface area contributed by atoms with Gasteiger partial charge in [0, 0.05) is 24.0 Å². The van der Waals surface area contributed by atoms with Gasteiger partial charge in [-0.2, -0.15) is 4.31 Å². The molecule has 0 saturated carbocycles. The number of hydrogen-bond donors (Lipinski definition) is 1. The summed E-state index contributed by atoms with van der Waals surface area (Å²) in [5.41, 5.74) is 5.28. The van der Waals surface area contributed by atoms with Gasteiger partial charge in [0.2, 0.25) is 15.9 Å². The third-order valence-electron chi connectivity index (χ3n) is 6.65. The Balaban J connectivity index is 1.21. The number of anilines is 1. The minimum atomic E-state index is -3.63. The first-order valence-electron chi connectivity index (χ1n) is 12.3. The number of aromatic nitrogens is 1. The summed E-state index contributed by atoms with van der Waals surface area (Å²) < 4.78 is 27.6. The van der Waals surface area contributed by atoms with Crippen LogP contribution in [0.4, 0.5) is 5.13 Å². The van der Waals surface area contributed by atoms with Crippen molar-refractivity contribution in [1.29, 1.82) is 0 Å². The predicted molar refractivity (Wildman–Crippen MR) is 148 cm³/mol. The van der Waals surface area contributed by atoms with Crippen LogP contribution in [-0.2, 0) is 21.2 Å². The molecule has 1 unspecified atom stereocenters. The monoisotopic (exact) mass is 531 g/mol. The number of piperidine rings is 1. The summed E-state index contributed by atoms with van der Waals surface area (Å²) in [6, 6.07) is 25.5. The zero-order chi connectivity index (χ0) is 25.8. The molecule has 5 rings (SSSR count). The number of nitrogens with zero attached hydrogens (tertiary/aromatic N) is 2. The first kappa shape index (κ1) is 25.3. The van der Waals surface area contributed by atoms with Gasteiger partial charge in [-0.25, -0.2) is 13.4 Å². The Morgan fingerprint density at radius 2 is 1.70 bits per heavy atom. The second-order valence-corrected chi connectivity index (χ2v) is 12.2. The van der Waals surface area contributed by atoms with Crippen molar-refractivity contribution >= 4 is 32.4 Å². The maximum Gasteiger partial charge on any atom is 0.243 e. The Morgan fingerprint density at radius 1 is 1.00 bits per heavy atom. The number of aryl methyl sites for hydroxylation is 1. The molecule has 0 radical (unpaired) electrons. The molecule has 1 aliphatic heterocycles. The highest BCUT2D eigenvalue weighted by Crippen LogP contribution is 2.28. The lowest BCUT2D eigenvalue weighted by molar-refractivity contribution is -0.120. The lowest BCUT2D eigenvalue weighted by Gasteiger charge is -2.31. The summed E-state index contributed by atoms with van der Waals surface area (Å²) in [4.78, 5) is 17.9. The number of thiazole rings is 1. The van der Waals surface area contributed by atoms with E-state index in [0.29, 0.717) is 24.5 Å². The molecule has 0 bridgehead atoms. The van der Waals surface area contributed by atoms with Crippen molar-refractivity contribution < 1.29 is 13.2 Å². The van der Waals surface area contributed by atoms with E-state index in [9.17, 15) is 13.2 Å². The van der Waals surface area contributed by atoms with Crippen LogP contribution in [0.1, 0.15) is 29.5 Å². The van der Waals surface area contributed by atoms with E-state index in [1.807, 2.05) is 42.6 Å². The van der Waals surface area contributed by atoms with Gasteiger partial charge in [0.1, 0.15) is 0 Å². The van der Waals surface area contributed by atoms with Gasteiger partial charge < -0.3 is 5.32 Å². The SMILES string of the molecule is Cc1ccc(S(=O)(=O)N2CCCC(C(=O)Nc3nc(-c4ccc(Cc5ccccc5)cc4)cs3)C2)cc1. The maximum absolute atomic E-state index is 13.1. The molecular formula is C29H29N3O3S2. The predicted octanol–water partition coefficient (Wildman–Crippen LogP) is 5.75. The van der Waals surface area contributed by atoms with Gasteiger partial charge in [-0.3, -0.25) is 4.79 Å². The lowest BCUT2D eigenvalue weighted by atomic mass is 9.99. The topological polar surface area (TPSA) is 79.4 Å². The summed E-state index contributed by atoms with van der Waals surface area (Å²) >= 11 is 1.37. The molecule has 1 atom stereocenters. The molecule has 8 heteroatoms. The summed E-state index contributed by atoms with van der Waals surface area (Å²) in [6.07, 6.45) is 2.16. The van der Waals surface area contributed by atoms with E-state index >= 15 is 0 Å². The zero-order valence-corrected chi connectivity index (χ0v) is 22.3. The highest BCUT2D eigenvalue weighted by molar-refractivity contribution is 7.89. The van der Waals surface area contributed by atoms with Crippen LogP contribution >= 0.6 is 11.3 Å². The number of nitrogens with one attached hydrogen (secondary N) is 1. The number of hydrogen-bond acceptors (Lipinski definition) is 5. The zero-order valence-electron chi connectivity index (χ0n) is 20.6. The van der Waals surface area contributed by atoms with Crippen LogP contribution in [0.25, 0.3) is 11.3 Å². The standard InChI is InChI=1S/C29H29N3O3S2/c1-21-9-15-26(16-10-21)37(34,35)32-17-5-8-25(19-32)28(33)31-29-30-27(20-36-29)24-13-11-23(12-14-24)18-22-6-3-2-4-7-22/h2-4,6-7,9-16,20,25H,5,8,17-19H2,1H3,(H,30,31,33). The molecule has 4 aromatic rings. The number of amides is 1. The second-order valence-electron chi connectivity index (χ2n) is 9.40. The largest absolute Gasteiger partial charge is 0.302 e. The lowest BCUT2D eigenvalue weighted by Crippen LogP contribution is -2.43. The fourth-order valence-corrected chi connectivity index (χ4v) is 6.78. The van der Waals surface area contributed by atoms with Gasteiger partial charge in [-0.15, -0.1) is 11.3 Å². The fourth-order valence-electron chi connectivity index (χ4n) is 4.53.